The second-order valence-electron chi connectivity index (χ2n) is 1.49. The number of rotatable bonds is 3. The van der Waals surface area contributed by atoms with Crippen molar-refractivity contribution < 1.29 is 0 Å². The van der Waals surface area contributed by atoms with E-state index < -0.39 is 0 Å². The van der Waals surface area contributed by atoms with Gasteiger partial charge in [0.05, 0.1) is 5.70 Å². The van der Waals surface area contributed by atoms with E-state index in [0.29, 0.717) is 0 Å². The van der Waals surface area contributed by atoms with Gasteiger partial charge in [-0.15, -0.1) is 0 Å². The lowest BCUT2D eigenvalue weighted by Crippen LogP contribution is -1.66. The molecule has 0 radical (unpaired) electrons. The van der Waals surface area contributed by atoms with Crippen molar-refractivity contribution in [2.45, 2.75) is 20.8 Å². The van der Waals surface area contributed by atoms with Crippen molar-refractivity contribution >= 4 is 6.72 Å². The fourth-order valence-electron chi connectivity index (χ4n) is 0.452. The molecule has 0 spiro atoms. The van der Waals surface area contributed by atoms with Crippen LogP contribution < -0.4 is 0 Å². The third-order valence-corrected chi connectivity index (χ3v) is 0.809. The zero-order valence-corrected chi connectivity index (χ0v) is 7.67. The Morgan fingerprint density at radius 2 is 1.91 bits per heavy atom. The van der Waals surface area contributed by atoms with Gasteiger partial charge in [0.25, 0.3) is 0 Å². The maximum Gasteiger partial charge on any atom is 0.0618 e. The van der Waals surface area contributed by atoms with Crippen LogP contribution in [0, 0.1) is 0 Å². The van der Waals surface area contributed by atoms with Crippen LogP contribution in [-0.2, 0) is 0 Å². The molecular formula is C10H17N. The van der Waals surface area contributed by atoms with Crippen molar-refractivity contribution in [1.29, 1.82) is 0 Å². The highest BCUT2D eigenvalue weighted by Crippen LogP contribution is 1.96. The van der Waals surface area contributed by atoms with E-state index in [2.05, 4.69) is 18.3 Å². The zero-order chi connectivity index (χ0) is 9.11. The molecule has 0 aromatic rings. The second-order valence-corrected chi connectivity index (χ2v) is 1.49. The van der Waals surface area contributed by atoms with Gasteiger partial charge in [0, 0.05) is 0 Å². The number of hydrogen-bond acceptors (Lipinski definition) is 1. The predicted octanol–water partition coefficient (Wildman–Crippen LogP) is 3.36. The van der Waals surface area contributed by atoms with Gasteiger partial charge in [-0.2, -0.15) is 0 Å². The zero-order valence-electron chi connectivity index (χ0n) is 7.67. The minimum absolute atomic E-state index is 0.840. The van der Waals surface area contributed by atoms with Crippen LogP contribution in [0.15, 0.2) is 41.6 Å². The summed E-state index contributed by atoms with van der Waals surface area (Å²) in [5.74, 6) is 0. The molecule has 0 aliphatic carbocycles. The first-order valence-electron chi connectivity index (χ1n) is 3.77. The standard InChI is InChI=1S/C8H11N.C2H6/c1-4-6-8(9-3)7-5-2;1-2/h4-7H,1,3H2,2H3;1-2H3/b7-5-,8-6+;. The first-order valence-corrected chi connectivity index (χ1v) is 3.77. The average molecular weight is 151 g/mol. The van der Waals surface area contributed by atoms with E-state index in [1.807, 2.05) is 32.9 Å². The molecule has 0 saturated heterocycles. The van der Waals surface area contributed by atoms with E-state index >= 15 is 0 Å². The Labute approximate surface area is 69.9 Å². The number of aliphatic imine (C=N–C) groups is 1. The van der Waals surface area contributed by atoms with Gasteiger partial charge in [0.1, 0.15) is 0 Å². The predicted molar refractivity (Wildman–Crippen MR) is 54.0 cm³/mol. The van der Waals surface area contributed by atoms with Crippen LogP contribution in [0.2, 0.25) is 0 Å². The van der Waals surface area contributed by atoms with Crippen molar-refractivity contribution in [3.63, 3.8) is 0 Å². The summed E-state index contributed by atoms with van der Waals surface area (Å²) in [4.78, 5) is 3.72. The molecule has 0 rings (SSSR count). The van der Waals surface area contributed by atoms with Crippen molar-refractivity contribution in [1.82, 2.24) is 0 Å². The topological polar surface area (TPSA) is 12.4 Å². The van der Waals surface area contributed by atoms with Gasteiger partial charge in [-0.25, -0.2) is 0 Å². The fourth-order valence-corrected chi connectivity index (χ4v) is 0.452. The van der Waals surface area contributed by atoms with Crippen LogP contribution in [-0.4, -0.2) is 6.72 Å². The van der Waals surface area contributed by atoms with E-state index in [9.17, 15) is 0 Å². The first kappa shape index (κ1) is 12.6. The van der Waals surface area contributed by atoms with Gasteiger partial charge in [0.2, 0.25) is 0 Å². The quantitative estimate of drug-likeness (QED) is 0.433. The lowest BCUT2D eigenvalue weighted by Gasteiger charge is -1.85. The minimum Gasteiger partial charge on any atom is -0.265 e. The third-order valence-electron chi connectivity index (χ3n) is 0.809. The molecule has 0 amide bonds. The highest BCUT2D eigenvalue weighted by molar-refractivity contribution is 5.34. The summed E-state index contributed by atoms with van der Waals surface area (Å²) in [7, 11) is 0. The van der Waals surface area contributed by atoms with E-state index in [1.54, 1.807) is 12.2 Å². The molecule has 0 heterocycles. The smallest absolute Gasteiger partial charge is 0.0618 e. The molecule has 0 aromatic carbocycles. The highest BCUT2D eigenvalue weighted by atomic mass is 14.7. The Hall–Kier alpha value is -1.11. The van der Waals surface area contributed by atoms with Crippen molar-refractivity contribution in [2.24, 2.45) is 4.99 Å². The summed E-state index contributed by atoms with van der Waals surface area (Å²) < 4.78 is 0. The Balaban J connectivity index is 0. The molecule has 0 bridgehead atoms. The largest absolute Gasteiger partial charge is 0.265 e. The van der Waals surface area contributed by atoms with E-state index in [1.165, 1.54) is 0 Å². The highest BCUT2D eigenvalue weighted by Gasteiger charge is 1.77. The Morgan fingerprint density at radius 1 is 1.36 bits per heavy atom. The van der Waals surface area contributed by atoms with Gasteiger partial charge < -0.3 is 0 Å². The van der Waals surface area contributed by atoms with Crippen LogP contribution >= 0.6 is 0 Å². The van der Waals surface area contributed by atoms with E-state index in [4.69, 9.17) is 0 Å². The molecule has 0 atom stereocenters. The second kappa shape index (κ2) is 11.7. The van der Waals surface area contributed by atoms with Crippen LogP contribution in [0.1, 0.15) is 20.8 Å². The summed E-state index contributed by atoms with van der Waals surface area (Å²) in [5, 5.41) is 0. The molecule has 0 unspecified atom stereocenters. The van der Waals surface area contributed by atoms with Crippen molar-refractivity contribution in [2.75, 3.05) is 0 Å². The summed E-state index contributed by atoms with van der Waals surface area (Å²) in [6, 6.07) is 0. The van der Waals surface area contributed by atoms with E-state index in [0.717, 1.165) is 5.70 Å². The molecule has 62 valence electrons. The maximum absolute atomic E-state index is 3.72. The molecule has 0 aliphatic heterocycles. The molecule has 0 aromatic heterocycles. The number of allylic oxidation sites excluding steroid dienone is 4. The van der Waals surface area contributed by atoms with Crippen LogP contribution in [0.5, 0.6) is 0 Å². The number of nitrogens with zero attached hydrogens (tertiary/aromatic N) is 1. The normalized spacial score (nSPS) is 10.3. The third kappa shape index (κ3) is 8.89. The Kier molecular flexibility index (Phi) is 13.3. The van der Waals surface area contributed by atoms with Gasteiger partial charge >= 0.3 is 0 Å². The Bertz CT molecular complexity index is 152. The monoisotopic (exact) mass is 151 g/mol. The van der Waals surface area contributed by atoms with Crippen LogP contribution in [0.4, 0.5) is 0 Å². The van der Waals surface area contributed by atoms with Gasteiger partial charge in [-0.1, -0.05) is 32.6 Å². The van der Waals surface area contributed by atoms with Crippen molar-refractivity contribution in [3.05, 3.63) is 36.6 Å². The van der Waals surface area contributed by atoms with Gasteiger partial charge in [0.15, 0.2) is 0 Å². The molecular weight excluding hydrogens is 134 g/mol. The molecule has 0 aliphatic rings. The summed E-state index contributed by atoms with van der Waals surface area (Å²) in [5.41, 5.74) is 0.840. The summed E-state index contributed by atoms with van der Waals surface area (Å²) >= 11 is 0. The van der Waals surface area contributed by atoms with Crippen LogP contribution in [0.3, 0.4) is 0 Å². The summed E-state index contributed by atoms with van der Waals surface area (Å²) in [6.45, 7) is 12.8. The van der Waals surface area contributed by atoms with Crippen LogP contribution in [0.25, 0.3) is 0 Å². The molecule has 0 saturated carbocycles. The maximum atomic E-state index is 3.72. The van der Waals surface area contributed by atoms with Gasteiger partial charge in [-0.3, -0.25) is 4.99 Å². The molecule has 1 heteroatoms. The van der Waals surface area contributed by atoms with Gasteiger partial charge in [-0.05, 0) is 25.8 Å². The summed E-state index contributed by atoms with van der Waals surface area (Å²) in [6.07, 6.45) is 7.26. The minimum atomic E-state index is 0.840. The van der Waals surface area contributed by atoms with Crippen molar-refractivity contribution in [3.8, 4) is 0 Å². The Morgan fingerprint density at radius 3 is 2.18 bits per heavy atom. The average Bonchev–Trinajstić information content (AvgIpc) is 2.08. The lowest BCUT2D eigenvalue weighted by molar-refractivity contribution is 1.43. The lowest BCUT2D eigenvalue weighted by atomic mass is 10.3. The van der Waals surface area contributed by atoms with E-state index in [-0.39, 0.29) is 0 Å². The first-order chi connectivity index (χ1) is 5.35. The molecule has 1 nitrogen and oxygen atoms in total. The SMILES string of the molecule is C=C/C=C(\C=C/C)N=C.CC. The molecule has 0 N–H and O–H groups in total. The molecule has 0 fully saturated rings. The fraction of sp³-hybridized carbons (Fsp3) is 0.300. The molecule has 11 heavy (non-hydrogen) atoms. The number of hydrogen-bond donors (Lipinski definition) is 0.